The Hall–Kier alpha value is -2.29. The maximum absolute atomic E-state index is 12.6. The van der Waals surface area contributed by atoms with Crippen LogP contribution in [0.5, 0.6) is 0 Å². The predicted octanol–water partition coefficient (Wildman–Crippen LogP) is 2.78. The number of carbonyl (C=O) groups is 1. The average molecular weight is 252 g/mol. The number of nitrogens with zero attached hydrogens (tertiary/aromatic N) is 1. The van der Waals surface area contributed by atoms with Crippen LogP contribution in [0.4, 0.5) is 11.4 Å². The molecule has 1 aliphatic heterocycles. The van der Waals surface area contributed by atoms with Crippen LogP contribution in [0.15, 0.2) is 42.5 Å². The Labute approximate surface area is 112 Å². The fourth-order valence-electron chi connectivity index (χ4n) is 2.57. The molecule has 1 amide bonds. The lowest BCUT2D eigenvalue weighted by atomic mass is 10.1. The molecule has 3 heteroatoms. The number of nitrogens with two attached hydrogens (primary N) is 1. The van der Waals surface area contributed by atoms with E-state index < -0.39 is 0 Å². The van der Waals surface area contributed by atoms with E-state index in [-0.39, 0.29) is 5.91 Å². The molecular formula is C16H16N2O. The highest BCUT2D eigenvalue weighted by molar-refractivity contribution is 6.10. The van der Waals surface area contributed by atoms with Crippen molar-refractivity contribution in [3.8, 4) is 0 Å². The summed E-state index contributed by atoms with van der Waals surface area (Å²) >= 11 is 0. The van der Waals surface area contributed by atoms with Crippen LogP contribution in [-0.4, -0.2) is 12.5 Å². The SMILES string of the molecule is Cc1ccc(C(=O)N2CCc3ccccc32)c(N)c1. The van der Waals surface area contributed by atoms with Gasteiger partial charge in [-0.1, -0.05) is 24.3 Å². The van der Waals surface area contributed by atoms with Gasteiger partial charge in [-0.25, -0.2) is 0 Å². The number of anilines is 2. The van der Waals surface area contributed by atoms with E-state index in [0.717, 1.165) is 24.2 Å². The van der Waals surface area contributed by atoms with Crippen molar-refractivity contribution in [3.05, 3.63) is 59.2 Å². The largest absolute Gasteiger partial charge is 0.398 e. The number of carbonyl (C=O) groups excluding carboxylic acids is 1. The number of nitrogen functional groups attached to an aromatic ring is 1. The average Bonchev–Trinajstić information content (AvgIpc) is 2.82. The molecule has 1 aliphatic rings. The van der Waals surface area contributed by atoms with Crippen LogP contribution < -0.4 is 10.6 Å². The topological polar surface area (TPSA) is 46.3 Å². The molecule has 3 rings (SSSR count). The molecule has 0 spiro atoms. The molecule has 3 nitrogen and oxygen atoms in total. The zero-order valence-corrected chi connectivity index (χ0v) is 10.9. The molecule has 2 N–H and O–H groups in total. The van der Waals surface area contributed by atoms with Gasteiger partial charge in [0.25, 0.3) is 5.91 Å². The van der Waals surface area contributed by atoms with Gasteiger partial charge in [0.1, 0.15) is 0 Å². The Kier molecular flexibility index (Phi) is 2.75. The van der Waals surface area contributed by atoms with Crippen LogP contribution in [0.3, 0.4) is 0 Å². The van der Waals surface area contributed by atoms with Gasteiger partial charge in [-0.3, -0.25) is 4.79 Å². The van der Waals surface area contributed by atoms with Crippen molar-refractivity contribution in [2.75, 3.05) is 17.2 Å². The van der Waals surface area contributed by atoms with Crippen LogP contribution in [0, 0.1) is 6.92 Å². The zero-order valence-electron chi connectivity index (χ0n) is 10.9. The maximum atomic E-state index is 12.6. The molecule has 0 aromatic heterocycles. The minimum absolute atomic E-state index is 0.0116. The molecule has 0 radical (unpaired) electrons. The molecule has 0 saturated carbocycles. The molecule has 2 aromatic carbocycles. The second-order valence-corrected chi connectivity index (χ2v) is 4.93. The van der Waals surface area contributed by atoms with E-state index in [4.69, 9.17) is 5.73 Å². The van der Waals surface area contributed by atoms with Crippen LogP contribution in [0.2, 0.25) is 0 Å². The molecule has 1 heterocycles. The third kappa shape index (κ3) is 1.97. The van der Waals surface area contributed by atoms with Crippen molar-refractivity contribution >= 4 is 17.3 Å². The van der Waals surface area contributed by atoms with Gasteiger partial charge in [-0.15, -0.1) is 0 Å². The highest BCUT2D eigenvalue weighted by Gasteiger charge is 2.26. The summed E-state index contributed by atoms with van der Waals surface area (Å²) in [6.07, 6.45) is 0.910. The predicted molar refractivity (Wildman–Crippen MR) is 77.4 cm³/mol. The molecule has 0 unspecified atom stereocenters. The lowest BCUT2D eigenvalue weighted by Gasteiger charge is -2.18. The summed E-state index contributed by atoms with van der Waals surface area (Å²) in [5, 5.41) is 0. The van der Waals surface area contributed by atoms with Gasteiger partial charge in [0.05, 0.1) is 5.56 Å². The summed E-state index contributed by atoms with van der Waals surface area (Å²) in [6.45, 7) is 2.70. The van der Waals surface area contributed by atoms with Gasteiger partial charge in [0.15, 0.2) is 0 Å². The van der Waals surface area contributed by atoms with Crippen LogP contribution in [-0.2, 0) is 6.42 Å². The second-order valence-electron chi connectivity index (χ2n) is 4.93. The van der Waals surface area contributed by atoms with E-state index in [9.17, 15) is 4.79 Å². The highest BCUT2D eigenvalue weighted by Crippen LogP contribution is 2.29. The molecule has 0 saturated heterocycles. The fraction of sp³-hybridized carbons (Fsp3) is 0.188. The summed E-state index contributed by atoms with van der Waals surface area (Å²) in [5.41, 5.74) is 10.4. The lowest BCUT2D eigenvalue weighted by Crippen LogP contribution is -2.29. The Morgan fingerprint density at radius 1 is 1.21 bits per heavy atom. The van der Waals surface area contributed by atoms with Crippen molar-refractivity contribution in [1.29, 1.82) is 0 Å². The first-order chi connectivity index (χ1) is 9.16. The minimum Gasteiger partial charge on any atom is -0.398 e. The van der Waals surface area contributed by atoms with Crippen LogP contribution in [0.1, 0.15) is 21.5 Å². The number of para-hydroxylation sites is 1. The first-order valence-electron chi connectivity index (χ1n) is 6.43. The van der Waals surface area contributed by atoms with Crippen molar-refractivity contribution in [1.82, 2.24) is 0 Å². The molecule has 2 aromatic rings. The van der Waals surface area contributed by atoms with Gasteiger partial charge >= 0.3 is 0 Å². The third-order valence-corrected chi connectivity index (χ3v) is 3.57. The molecular weight excluding hydrogens is 236 g/mol. The minimum atomic E-state index is -0.0116. The molecule has 0 bridgehead atoms. The Morgan fingerprint density at radius 2 is 2.00 bits per heavy atom. The number of benzene rings is 2. The first-order valence-corrected chi connectivity index (χ1v) is 6.43. The summed E-state index contributed by atoms with van der Waals surface area (Å²) in [6, 6.07) is 13.6. The fourth-order valence-corrected chi connectivity index (χ4v) is 2.57. The van der Waals surface area contributed by atoms with Gasteiger partial charge in [-0.05, 0) is 42.7 Å². The summed E-state index contributed by atoms with van der Waals surface area (Å²) in [4.78, 5) is 14.4. The summed E-state index contributed by atoms with van der Waals surface area (Å²) < 4.78 is 0. The molecule has 0 atom stereocenters. The first kappa shape index (κ1) is 11.8. The van der Waals surface area contributed by atoms with E-state index >= 15 is 0 Å². The van der Waals surface area contributed by atoms with E-state index in [1.165, 1.54) is 5.56 Å². The molecule has 96 valence electrons. The van der Waals surface area contributed by atoms with Crippen molar-refractivity contribution in [2.24, 2.45) is 0 Å². The van der Waals surface area contributed by atoms with Crippen LogP contribution in [0.25, 0.3) is 0 Å². The van der Waals surface area contributed by atoms with Crippen molar-refractivity contribution < 1.29 is 4.79 Å². The van der Waals surface area contributed by atoms with Crippen molar-refractivity contribution in [2.45, 2.75) is 13.3 Å². The lowest BCUT2D eigenvalue weighted by molar-refractivity contribution is 0.0990. The number of aryl methyl sites for hydroxylation is 1. The Bertz CT molecular complexity index is 649. The van der Waals surface area contributed by atoms with E-state index in [2.05, 4.69) is 6.07 Å². The number of hydrogen-bond acceptors (Lipinski definition) is 2. The van der Waals surface area contributed by atoms with E-state index in [0.29, 0.717) is 11.3 Å². The van der Waals surface area contributed by atoms with Crippen LogP contribution >= 0.6 is 0 Å². The maximum Gasteiger partial charge on any atom is 0.260 e. The monoisotopic (exact) mass is 252 g/mol. The number of rotatable bonds is 1. The van der Waals surface area contributed by atoms with Gasteiger partial charge < -0.3 is 10.6 Å². The summed E-state index contributed by atoms with van der Waals surface area (Å²) in [7, 11) is 0. The normalized spacial score (nSPS) is 13.4. The Balaban J connectivity index is 1.98. The third-order valence-electron chi connectivity index (χ3n) is 3.57. The smallest absolute Gasteiger partial charge is 0.260 e. The number of amides is 1. The standard InChI is InChI=1S/C16H16N2O/c1-11-6-7-13(14(17)10-11)16(19)18-9-8-12-4-2-3-5-15(12)18/h2-7,10H,8-9,17H2,1H3. The zero-order chi connectivity index (χ0) is 13.4. The quantitative estimate of drug-likeness (QED) is 0.793. The molecule has 0 aliphatic carbocycles. The molecule has 19 heavy (non-hydrogen) atoms. The number of hydrogen-bond donors (Lipinski definition) is 1. The summed E-state index contributed by atoms with van der Waals surface area (Å²) in [5.74, 6) is -0.0116. The van der Waals surface area contributed by atoms with Gasteiger partial charge in [0, 0.05) is 17.9 Å². The van der Waals surface area contributed by atoms with E-state index in [1.54, 1.807) is 0 Å². The number of fused-ring (bicyclic) bond motifs is 1. The van der Waals surface area contributed by atoms with E-state index in [1.807, 2.05) is 48.2 Å². The highest BCUT2D eigenvalue weighted by atomic mass is 16.2. The van der Waals surface area contributed by atoms with Gasteiger partial charge in [-0.2, -0.15) is 0 Å². The molecule has 0 fully saturated rings. The van der Waals surface area contributed by atoms with Gasteiger partial charge in [0.2, 0.25) is 0 Å². The second kappa shape index (κ2) is 4.43. The van der Waals surface area contributed by atoms with Crippen molar-refractivity contribution in [3.63, 3.8) is 0 Å². The Morgan fingerprint density at radius 3 is 2.79 bits per heavy atom.